The summed E-state index contributed by atoms with van der Waals surface area (Å²) in [6.07, 6.45) is 4.20. The second-order valence-electron chi connectivity index (χ2n) is 2.53. The van der Waals surface area contributed by atoms with Crippen molar-refractivity contribution in [1.29, 1.82) is 0 Å². The molecule has 0 unspecified atom stereocenters. The molecule has 0 bridgehead atoms. The van der Waals surface area contributed by atoms with Crippen LogP contribution in [0, 0.1) is 0 Å². The van der Waals surface area contributed by atoms with Crippen molar-refractivity contribution >= 4 is 11.5 Å². The molecule has 1 aliphatic rings. The van der Waals surface area contributed by atoms with Crippen molar-refractivity contribution in [3.8, 4) is 0 Å². The lowest BCUT2D eigenvalue weighted by molar-refractivity contribution is -0.113. The fourth-order valence-corrected chi connectivity index (χ4v) is 1.14. The Morgan fingerprint density at radius 1 is 1.20 bits per heavy atom. The molecule has 56 valence electrons. The highest BCUT2D eigenvalue weighted by Crippen LogP contribution is 2.11. The molecule has 1 rings (SSSR count). The average Bonchev–Trinajstić information content (AvgIpc) is 2.13. The summed E-state index contributed by atoms with van der Waals surface area (Å²) in [4.78, 5) is 11.0. The maximum atomic E-state index is 11.0. The molecule has 1 N–H and O–H groups in total. The minimum atomic E-state index is 0.0139. The molecule has 0 amide bonds. The van der Waals surface area contributed by atoms with E-state index in [1.807, 2.05) is 0 Å². The molecule has 0 atom stereocenters. The molecular formula is C7H11NO2. The molecule has 0 aromatic rings. The second kappa shape index (κ2) is 3.34. The lowest BCUT2D eigenvalue weighted by atomic mass is 10.1. The van der Waals surface area contributed by atoms with Crippen LogP contribution in [-0.2, 0) is 4.79 Å². The van der Waals surface area contributed by atoms with E-state index in [9.17, 15) is 4.79 Å². The fourth-order valence-electron chi connectivity index (χ4n) is 1.14. The molecule has 3 nitrogen and oxygen atoms in total. The van der Waals surface area contributed by atoms with Crippen molar-refractivity contribution in [3.05, 3.63) is 0 Å². The van der Waals surface area contributed by atoms with Crippen LogP contribution >= 0.6 is 0 Å². The van der Waals surface area contributed by atoms with Gasteiger partial charge in [0.25, 0.3) is 0 Å². The van der Waals surface area contributed by atoms with Gasteiger partial charge in [0.05, 0.1) is 0 Å². The maximum Gasteiger partial charge on any atom is 0.180 e. The average molecular weight is 141 g/mol. The molecular weight excluding hydrogens is 130 g/mol. The first-order chi connectivity index (χ1) is 4.84. The predicted molar refractivity (Wildman–Crippen MR) is 37.3 cm³/mol. The Morgan fingerprint density at radius 2 is 1.90 bits per heavy atom. The minimum Gasteiger partial charge on any atom is -0.411 e. The number of carbonyl (C=O) groups excluding carboxylic acids is 1. The summed E-state index contributed by atoms with van der Waals surface area (Å²) in [7, 11) is 0. The van der Waals surface area contributed by atoms with E-state index in [-0.39, 0.29) is 5.78 Å². The van der Waals surface area contributed by atoms with Gasteiger partial charge in [-0.05, 0) is 19.3 Å². The highest BCUT2D eigenvalue weighted by Gasteiger charge is 2.14. The van der Waals surface area contributed by atoms with Crippen molar-refractivity contribution < 1.29 is 10.0 Å². The quantitative estimate of drug-likeness (QED) is 0.314. The van der Waals surface area contributed by atoms with Crippen LogP contribution < -0.4 is 0 Å². The second-order valence-corrected chi connectivity index (χ2v) is 2.53. The predicted octanol–water partition coefficient (Wildman–Crippen LogP) is 1.35. The molecule has 1 saturated carbocycles. The van der Waals surface area contributed by atoms with Crippen molar-refractivity contribution in [2.24, 2.45) is 5.16 Å². The normalized spacial score (nSPS) is 24.8. The molecule has 0 aromatic heterocycles. The van der Waals surface area contributed by atoms with Crippen molar-refractivity contribution in [3.63, 3.8) is 0 Å². The summed E-state index contributed by atoms with van der Waals surface area (Å²) < 4.78 is 0. The van der Waals surface area contributed by atoms with Gasteiger partial charge in [-0.25, -0.2) is 0 Å². The zero-order valence-electron chi connectivity index (χ0n) is 5.84. The Bertz CT molecular complexity index is 163. The Balaban J connectivity index is 2.61. The lowest BCUT2D eigenvalue weighted by Crippen LogP contribution is -2.10. The van der Waals surface area contributed by atoms with E-state index >= 15 is 0 Å². The third-order valence-corrected chi connectivity index (χ3v) is 1.76. The van der Waals surface area contributed by atoms with Gasteiger partial charge in [0.15, 0.2) is 5.78 Å². The summed E-state index contributed by atoms with van der Waals surface area (Å²) in [6, 6.07) is 0. The van der Waals surface area contributed by atoms with Crippen molar-refractivity contribution in [2.45, 2.75) is 32.1 Å². The topological polar surface area (TPSA) is 49.7 Å². The minimum absolute atomic E-state index is 0.0139. The van der Waals surface area contributed by atoms with Crippen LogP contribution in [0.3, 0.4) is 0 Å². The third-order valence-electron chi connectivity index (χ3n) is 1.76. The molecule has 0 radical (unpaired) electrons. The van der Waals surface area contributed by atoms with Crippen LogP contribution in [0.4, 0.5) is 0 Å². The van der Waals surface area contributed by atoms with Gasteiger partial charge in [-0.1, -0.05) is 11.6 Å². The van der Waals surface area contributed by atoms with Gasteiger partial charge in [-0.2, -0.15) is 0 Å². The molecule has 0 aliphatic heterocycles. The van der Waals surface area contributed by atoms with Crippen LogP contribution in [0.15, 0.2) is 5.16 Å². The molecule has 3 heteroatoms. The van der Waals surface area contributed by atoms with E-state index < -0.39 is 0 Å². The van der Waals surface area contributed by atoms with Crippen molar-refractivity contribution in [2.75, 3.05) is 0 Å². The van der Waals surface area contributed by atoms with Gasteiger partial charge in [0, 0.05) is 6.42 Å². The number of rotatable bonds is 0. The van der Waals surface area contributed by atoms with Crippen molar-refractivity contribution in [1.82, 2.24) is 0 Å². The van der Waals surface area contributed by atoms with Crippen LogP contribution in [0.25, 0.3) is 0 Å². The number of hydrogen-bond acceptors (Lipinski definition) is 3. The van der Waals surface area contributed by atoms with Crippen LogP contribution in [0.1, 0.15) is 32.1 Å². The monoisotopic (exact) mass is 141 g/mol. The summed E-state index contributed by atoms with van der Waals surface area (Å²) in [5.41, 5.74) is 0.359. The first-order valence-corrected chi connectivity index (χ1v) is 3.58. The molecule has 0 spiro atoms. The standard InChI is InChI=1S/C7H11NO2/c9-7-5-3-1-2-4-6(7)8-10/h10H,1-5H2. The van der Waals surface area contributed by atoms with Gasteiger partial charge < -0.3 is 5.21 Å². The molecule has 0 heterocycles. The summed E-state index contributed by atoms with van der Waals surface area (Å²) in [6.45, 7) is 0. The van der Waals surface area contributed by atoms with Gasteiger partial charge in [-0.3, -0.25) is 4.79 Å². The van der Waals surface area contributed by atoms with E-state index in [1.165, 1.54) is 0 Å². The number of nitrogens with zero attached hydrogens (tertiary/aromatic N) is 1. The van der Waals surface area contributed by atoms with Gasteiger partial charge in [-0.15, -0.1) is 0 Å². The van der Waals surface area contributed by atoms with Crippen LogP contribution in [0.5, 0.6) is 0 Å². The summed E-state index contributed by atoms with van der Waals surface area (Å²) in [5, 5.41) is 11.3. The fraction of sp³-hybridized carbons (Fsp3) is 0.714. The zero-order valence-corrected chi connectivity index (χ0v) is 5.84. The third kappa shape index (κ3) is 1.56. The van der Waals surface area contributed by atoms with E-state index in [2.05, 4.69) is 5.16 Å². The molecule has 0 saturated heterocycles. The number of carbonyl (C=O) groups is 1. The van der Waals surface area contributed by atoms with Gasteiger partial charge in [0.1, 0.15) is 5.71 Å². The Hall–Kier alpha value is -0.860. The van der Waals surface area contributed by atoms with E-state index in [0.717, 1.165) is 19.3 Å². The zero-order chi connectivity index (χ0) is 7.40. The highest BCUT2D eigenvalue weighted by molar-refractivity contribution is 6.39. The van der Waals surface area contributed by atoms with Gasteiger partial charge in [0.2, 0.25) is 0 Å². The molecule has 0 aromatic carbocycles. The molecule has 1 aliphatic carbocycles. The van der Waals surface area contributed by atoms with E-state index in [0.29, 0.717) is 18.6 Å². The van der Waals surface area contributed by atoms with E-state index in [1.54, 1.807) is 0 Å². The molecule has 10 heavy (non-hydrogen) atoms. The highest BCUT2D eigenvalue weighted by atomic mass is 16.4. The summed E-state index contributed by atoms with van der Waals surface area (Å²) >= 11 is 0. The SMILES string of the molecule is O=C1CCCCCC1=NO. The first kappa shape index (κ1) is 7.25. The van der Waals surface area contributed by atoms with E-state index in [4.69, 9.17) is 5.21 Å². The van der Waals surface area contributed by atoms with Crippen LogP contribution in [-0.4, -0.2) is 16.7 Å². The number of hydrogen-bond donors (Lipinski definition) is 1. The molecule has 1 fully saturated rings. The largest absolute Gasteiger partial charge is 0.411 e. The first-order valence-electron chi connectivity index (χ1n) is 3.58. The number of oxime groups is 1. The Kier molecular flexibility index (Phi) is 2.42. The smallest absolute Gasteiger partial charge is 0.180 e. The Morgan fingerprint density at radius 3 is 2.60 bits per heavy atom. The Labute approximate surface area is 59.7 Å². The lowest BCUT2D eigenvalue weighted by Gasteiger charge is -1.93. The van der Waals surface area contributed by atoms with Gasteiger partial charge >= 0.3 is 0 Å². The summed E-state index contributed by atoms with van der Waals surface area (Å²) in [5.74, 6) is 0.0139. The van der Waals surface area contributed by atoms with Crippen LogP contribution in [0.2, 0.25) is 0 Å². The number of Topliss-reactive ketones (excluding diaryl/α,β-unsaturated/α-hetero) is 1. The number of ketones is 1. The maximum absolute atomic E-state index is 11.0.